The van der Waals surface area contributed by atoms with Crippen LogP contribution < -0.4 is 5.32 Å². The Morgan fingerprint density at radius 3 is 2.38 bits per heavy atom. The molecule has 24 heavy (non-hydrogen) atoms. The van der Waals surface area contributed by atoms with Gasteiger partial charge in [0.1, 0.15) is 0 Å². The minimum absolute atomic E-state index is 0.117. The van der Waals surface area contributed by atoms with Gasteiger partial charge in [0.05, 0.1) is 18.4 Å². The minimum Gasteiger partial charge on any atom is -0.481 e. The Balaban J connectivity index is 2.09. The van der Waals surface area contributed by atoms with Gasteiger partial charge in [-0.3, -0.25) is 14.4 Å². The van der Waals surface area contributed by atoms with Crippen LogP contribution in [-0.4, -0.2) is 40.4 Å². The highest BCUT2D eigenvalue weighted by Crippen LogP contribution is 2.29. The van der Waals surface area contributed by atoms with Crippen LogP contribution in [-0.2, 0) is 14.4 Å². The van der Waals surface area contributed by atoms with Gasteiger partial charge >= 0.3 is 5.97 Å². The summed E-state index contributed by atoms with van der Waals surface area (Å²) in [5.74, 6) is -1.83. The highest BCUT2D eigenvalue weighted by Gasteiger charge is 2.35. The molecule has 6 nitrogen and oxygen atoms in total. The molecule has 1 fully saturated rings. The number of hydrogen-bond donors (Lipinski definition) is 2. The summed E-state index contributed by atoms with van der Waals surface area (Å²) < 4.78 is 0. The van der Waals surface area contributed by atoms with Crippen molar-refractivity contribution < 1.29 is 19.5 Å². The van der Waals surface area contributed by atoms with E-state index in [1.807, 2.05) is 30.3 Å². The van der Waals surface area contributed by atoms with Gasteiger partial charge in [-0.15, -0.1) is 0 Å². The largest absolute Gasteiger partial charge is 0.481 e. The molecule has 0 bridgehead atoms. The van der Waals surface area contributed by atoms with E-state index < -0.39 is 17.9 Å². The van der Waals surface area contributed by atoms with E-state index in [1.54, 1.807) is 11.8 Å². The number of carbonyl (C=O) groups excluding carboxylic acids is 2. The molecular formula is C18H24N2O4. The average Bonchev–Trinajstić information content (AvgIpc) is 3.36. The predicted molar refractivity (Wildman–Crippen MR) is 89.2 cm³/mol. The van der Waals surface area contributed by atoms with Crippen molar-refractivity contribution in [3.05, 3.63) is 35.9 Å². The van der Waals surface area contributed by atoms with E-state index in [1.165, 1.54) is 6.92 Å². The van der Waals surface area contributed by atoms with Crippen LogP contribution in [0.2, 0.25) is 0 Å². The van der Waals surface area contributed by atoms with Crippen molar-refractivity contribution in [3.8, 4) is 0 Å². The summed E-state index contributed by atoms with van der Waals surface area (Å²) >= 11 is 0. The maximum absolute atomic E-state index is 12.7. The third kappa shape index (κ3) is 5.08. The number of amides is 2. The second kappa shape index (κ2) is 7.95. The van der Waals surface area contributed by atoms with Crippen molar-refractivity contribution in [2.24, 2.45) is 5.92 Å². The van der Waals surface area contributed by atoms with Crippen molar-refractivity contribution in [1.82, 2.24) is 10.2 Å². The fraction of sp³-hybridized carbons (Fsp3) is 0.500. The first-order valence-corrected chi connectivity index (χ1v) is 8.22. The highest BCUT2D eigenvalue weighted by atomic mass is 16.4. The zero-order chi connectivity index (χ0) is 17.7. The molecule has 2 atom stereocenters. The highest BCUT2D eigenvalue weighted by molar-refractivity contribution is 5.80. The number of nitrogens with zero attached hydrogens (tertiary/aromatic N) is 1. The monoisotopic (exact) mass is 332 g/mol. The quantitative estimate of drug-likeness (QED) is 0.762. The smallest absolute Gasteiger partial charge is 0.308 e. The van der Waals surface area contributed by atoms with Crippen molar-refractivity contribution >= 4 is 17.8 Å². The molecule has 2 rings (SSSR count). The lowest BCUT2D eigenvalue weighted by Gasteiger charge is -2.27. The lowest BCUT2D eigenvalue weighted by molar-refractivity contribution is -0.143. The van der Waals surface area contributed by atoms with Crippen LogP contribution in [0.15, 0.2) is 30.3 Å². The van der Waals surface area contributed by atoms with Gasteiger partial charge in [0.15, 0.2) is 0 Å². The summed E-state index contributed by atoms with van der Waals surface area (Å²) in [5.41, 5.74) is 0.864. The first-order valence-electron chi connectivity index (χ1n) is 8.22. The molecule has 2 unspecified atom stereocenters. The molecule has 1 aromatic rings. The molecule has 0 radical (unpaired) electrons. The molecule has 130 valence electrons. The van der Waals surface area contributed by atoms with Crippen LogP contribution in [0.3, 0.4) is 0 Å². The van der Waals surface area contributed by atoms with E-state index in [4.69, 9.17) is 5.11 Å². The van der Waals surface area contributed by atoms with Gasteiger partial charge in [-0.2, -0.15) is 0 Å². The fourth-order valence-corrected chi connectivity index (χ4v) is 2.69. The van der Waals surface area contributed by atoms with E-state index >= 15 is 0 Å². The Bertz CT molecular complexity index is 598. The Morgan fingerprint density at radius 1 is 1.25 bits per heavy atom. The standard InChI is InChI=1S/C18H24N2O4/c1-12(18(23)24)11-20(15-8-9-15)17(22)10-16(19-13(2)21)14-6-4-3-5-7-14/h3-7,12,15-16H,8-11H2,1-2H3,(H,19,21)(H,23,24). The van der Waals surface area contributed by atoms with Crippen LogP contribution in [0, 0.1) is 5.92 Å². The van der Waals surface area contributed by atoms with Crippen LogP contribution >= 0.6 is 0 Å². The summed E-state index contributed by atoms with van der Waals surface area (Å²) in [7, 11) is 0. The average molecular weight is 332 g/mol. The predicted octanol–water partition coefficient (Wildman–Crippen LogP) is 1.97. The number of benzene rings is 1. The summed E-state index contributed by atoms with van der Waals surface area (Å²) in [4.78, 5) is 37.0. The van der Waals surface area contributed by atoms with Gasteiger partial charge in [-0.05, 0) is 18.4 Å². The third-order valence-corrected chi connectivity index (χ3v) is 4.16. The van der Waals surface area contributed by atoms with Gasteiger partial charge < -0.3 is 15.3 Å². The number of hydrogen-bond acceptors (Lipinski definition) is 3. The third-order valence-electron chi connectivity index (χ3n) is 4.16. The molecule has 6 heteroatoms. The Hall–Kier alpha value is -2.37. The minimum atomic E-state index is -0.907. The SMILES string of the molecule is CC(=O)NC(CC(=O)N(CC(C)C(=O)O)C1CC1)c1ccccc1. The Morgan fingerprint density at radius 2 is 1.88 bits per heavy atom. The first kappa shape index (κ1) is 18.0. The van der Waals surface area contributed by atoms with Crippen LogP contribution in [0.1, 0.15) is 44.7 Å². The van der Waals surface area contributed by atoms with Gasteiger partial charge in [0, 0.05) is 19.5 Å². The number of carbonyl (C=O) groups is 3. The molecule has 1 aliphatic carbocycles. The number of rotatable bonds is 8. The lowest BCUT2D eigenvalue weighted by Crippen LogP contribution is -2.40. The summed E-state index contributed by atoms with van der Waals surface area (Å²) in [6.45, 7) is 3.24. The number of aliphatic carboxylic acids is 1. The molecule has 1 saturated carbocycles. The fourth-order valence-electron chi connectivity index (χ4n) is 2.69. The number of carboxylic acids is 1. The van der Waals surface area contributed by atoms with Gasteiger partial charge in [-0.25, -0.2) is 0 Å². The molecule has 0 spiro atoms. The number of carboxylic acid groups (broad SMARTS) is 1. The lowest BCUT2D eigenvalue weighted by atomic mass is 10.0. The number of nitrogens with one attached hydrogen (secondary N) is 1. The van der Waals surface area contributed by atoms with Gasteiger partial charge in [0.25, 0.3) is 0 Å². The van der Waals surface area contributed by atoms with E-state index in [2.05, 4.69) is 5.32 Å². The molecule has 1 aromatic carbocycles. The molecule has 0 saturated heterocycles. The van der Waals surface area contributed by atoms with Crippen molar-refractivity contribution in [1.29, 1.82) is 0 Å². The van der Waals surface area contributed by atoms with Crippen molar-refractivity contribution in [3.63, 3.8) is 0 Å². The summed E-state index contributed by atoms with van der Waals surface area (Å²) in [5, 5.41) is 11.9. The maximum Gasteiger partial charge on any atom is 0.308 e. The first-order chi connectivity index (χ1) is 11.4. The van der Waals surface area contributed by atoms with Gasteiger partial charge in [0.2, 0.25) is 11.8 Å². The van der Waals surface area contributed by atoms with E-state index in [0.717, 1.165) is 18.4 Å². The molecule has 0 heterocycles. The Labute approximate surface area is 141 Å². The molecule has 0 aliphatic heterocycles. The second-order valence-corrected chi connectivity index (χ2v) is 6.38. The second-order valence-electron chi connectivity index (χ2n) is 6.38. The maximum atomic E-state index is 12.7. The van der Waals surface area contributed by atoms with Crippen LogP contribution in [0.4, 0.5) is 0 Å². The molecule has 2 amide bonds. The van der Waals surface area contributed by atoms with E-state index in [9.17, 15) is 14.4 Å². The van der Waals surface area contributed by atoms with E-state index in [-0.39, 0.29) is 30.8 Å². The normalized spacial score (nSPS) is 16.1. The summed E-state index contributed by atoms with van der Waals surface area (Å²) in [6, 6.07) is 9.07. The molecular weight excluding hydrogens is 308 g/mol. The molecule has 0 aromatic heterocycles. The van der Waals surface area contributed by atoms with Crippen molar-refractivity contribution in [2.75, 3.05) is 6.54 Å². The zero-order valence-electron chi connectivity index (χ0n) is 14.1. The Kier molecular flexibility index (Phi) is 5.95. The zero-order valence-corrected chi connectivity index (χ0v) is 14.1. The van der Waals surface area contributed by atoms with Gasteiger partial charge in [-0.1, -0.05) is 37.3 Å². The molecule has 2 N–H and O–H groups in total. The summed E-state index contributed by atoms with van der Waals surface area (Å²) in [6.07, 6.45) is 1.95. The van der Waals surface area contributed by atoms with Crippen molar-refractivity contribution in [2.45, 2.75) is 45.2 Å². The molecule has 1 aliphatic rings. The van der Waals surface area contributed by atoms with E-state index in [0.29, 0.717) is 0 Å². The van der Waals surface area contributed by atoms with Crippen LogP contribution in [0.25, 0.3) is 0 Å². The topological polar surface area (TPSA) is 86.7 Å². The van der Waals surface area contributed by atoms with Crippen LogP contribution in [0.5, 0.6) is 0 Å².